The van der Waals surface area contributed by atoms with Crippen molar-refractivity contribution in [3.8, 4) is 0 Å². The fourth-order valence-electron chi connectivity index (χ4n) is 3.58. The van der Waals surface area contributed by atoms with Gasteiger partial charge in [-0.1, -0.05) is 19.1 Å². The third kappa shape index (κ3) is 3.25. The van der Waals surface area contributed by atoms with Gasteiger partial charge in [-0.2, -0.15) is 0 Å². The quantitative estimate of drug-likeness (QED) is 0.649. The zero-order chi connectivity index (χ0) is 17.9. The summed E-state index contributed by atoms with van der Waals surface area (Å²) in [5.74, 6) is 0. The Morgan fingerprint density at radius 3 is 2.96 bits per heavy atom. The lowest BCUT2D eigenvalue weighted by Gasteiger charge is -2.26. The molecule has 7 heteroatoms. The van der Waals surface area contributed by atoms with E-state index in [0.29, 0.717) is 5.65 Å². The number of rotatable bonds is 6. The lowest BCUT2D eigenvalue weighted by Crippen LogP contribution is -2.40. The number of aryl methyl sites for hydroxylation is 1. The van der Waals surface area contributed by atoms with Crippen LogP contribution in [0.15, 0.2) is 29.2 Å². The van der Waals surface area contributed by atoms with E-state index in [4.69, 9.17) is 4.74 Å². The van der Waals surface area contributed by atoms with Gasteiger partial charge in [0.2, 0.25) is 5.65 Å². The Bertz CT molecular complexity index is 956. The topological polar surface area (TPSA) is 74.7 Å². The van der Waals surface area contributed by atoms with Gasteiger partial charge in [0.15, 0.2) is 0 Å². The molecule has 0 atom stereocenters. The number of para-hydroxylation sites is 1. The van der Waals surface area contributed by atoms with Crippen molar-refractivity contribution < 1.29 is 4.74 Å². The molecule has 1 fully saturated rings. The predicted molar refractivity (Wildman–Crippen MR) is 102 cm³/mol. The molecule has 4 rings (SSSR count). The largest absolute Gasteiger partial charge is 0.379 e. The number of H-pyrrole nitrogens is 1. The van der Waals surface area contributed by atoms with Crippen molar-refractivity contribution >= 4 is 16.7 Å². The molecule has 2 N–H and O–H groups in total. The smallest absolute Gasteiger partial charge is 0.292 e. The van der Waals surface area contributed by atoms with Crippen LogP contribution in [0.4, 0.5) is 0 Å². The number of ether oxygens (including phenoxy) is 1. The number of nitrogens with zero attached hydrogens (tertiary/aromatic N) is 3. The van der Waals surface area contributed by atoms with Crippen LogP contribution in [0.2, 0.25) is 0 Å². The van der Waals surface area contributed by atoms with Crippen LogP contribution < -0.4 is 10.9 Å². The Labute approximate surface area is 152 Å². The van der Waals surface area contributed by atoms with E-state index in [1.165, 1.54) is 0 Å². The third-order valence-electron chi connectivity index (χ3n) is 5.03. The highest BCUT2D eigenvalue weighted by atomic mass is 16.5. The summed E-state index contributed by atoms with van der Waals surface area (Å²) in [4.78, 5) is 22.1. The molecule has 0 spiro atoms. The second-order valence-electron chi connectivity index (χ2n) is 6.66. The van der Waals surface area contributed by atoms with Gasteiger partial charge in [-0.3, -0.25) is 14.1 Å². The van der Waals surface area contributed by atoms with E-state index in [-0.39, 0.29) is 5.56 Å². The number of fused-ring (bicyclic) bond motifs is 3. The van der Waals surface area contributed by atoms with Crippen molar-refractivity contribution in [1.82, 2.24) is 24.6 Å². The van der Waals surface area contributed by atoms with Gasteiger partial charge in [0.1, 0.15) is 0 Å². The van der Waals surface area contributed by atoms with Gasteiger partial charge >= 0.3 is 0 Å². The molecule has 1 aromatic carbocycles. The van der Waals surface area contributed by atoms with Crippen LogP contribution in [-0.4, -0.2) is 58.7 Å². The van der Waals surface area contributed by atoms with Gasteiger partial charge in [0, 0.05) is 44.6 Å². The fraction of sp³-hybridized carbons (Fsp3) is 0.474. The van der Waals surface area contributed by atoms with Crippen molar-refractivity contribution in [2.75, 3.05) is 39.4 Å². The number of morpholine rings is 1. The van der Waals surface area contributed by atoms with Crippen LogP contribution in [-0.2, 0) is 17.7 Å². The van der Waals surface area contributed by atoms with Gasteiger partial charge in [0.25, 0.3) is 5.56 Å². The van der Waals surface area contributed by atoms with Gasteiger partial charge in [0.05, 0.1) is 24.2 Å². The number of aromatic amines is 1. The summed E-state index contributed by atoms with van der Waals surface area (Å²) in [6.45, 7) is 8.37. The van der Waals surface area contributed by atoms with Gasteiger partial charge < -0.3 is 15.0 Å². The number of imidazole rings is 1. The maximum Gasteiger partial charge on any atom is 0.292 e. The monoisotopic (exact) mass is 355 g/mol. The minimum absolute atomic E-state index is 0.141. The molecule has 1 aliphatic rings. The molecule has 3 heterocycles. The first kappa shape index (κ1) is 17.2. The molecule has 7 nitrogen and oxygen atoms in total. The minimum Gasteiger partial charge on any atom is -0.379 e. The Kier molecular flexibility index (Phi) is 5.01. The van der Waals surface area contributed by atoms with Crippen molar-refractivity contribution in [2.24, 2.45) is 0 Å². The van der Waals surface area contributed by atoms with Crippen LogP contribution >= 0.6 is 0 Å². The Morgan fingerprint density at radius 2 is 2.15 bits per heavy atom. The van der Waals surface area contributed by atoms with E-state index < -0.39 is 0 Å². The highest BCUT2D eigenvalue weighted by Gasteiger charge is 2.13. The van der Waals surface area contributed by atoms with Gasteiger partial charge in [-0.15, -0.1) is 0 Å². The normalized spacial score (nSPS) is 15.9. The van der Waals surface area contributed by atoms with Crippen molar-refractivity contribution in [3.05, 3.63) is 46.0 Å². The molecular formula is C19H25N5O2. The lowest BCUT2D eigenvalue weighted by molar-refractivity contribution is 0.0384. The Morgan fingerprint density at radius 1 is 1.31 bits per heavy atom. The SMILES string of the molecule is CCc1cnc2c(=O)[nH]c3c(CNCCN4CCOCC4)cccc3n12. The molecule has 2 aromatic heterocycles. The first-order chi connectivity index (χ1) is 12.8. The average Bonchev–Trinajstić information content (AvgIpc) is 3.12. The lowest BCUT2D eigenvalue weighted by atomic mass is 10.1. The predicted octanol–water partition coefficient (Wildman–Crippen LogP) is 1.16. The molecule has 1 aliphatic heterocycles. The fourth-order valence-corrected chi connectivity index (χ4v) is 3.58. The van der Waals surface area contributed by atoms with Crippen molar-refractivity contribution in [2.45, 2.75) is 19.9 Å². The number of benzene rings is 1. The summed E-state index contributed by atoms with van der Waals surface area (Å²) in [6.07, 6.45) is 2.62. The maximum absolute atomic E-state index is 12.4. The van der Waals surface area contributed by atoms with Crippen molar-refractivity contribution in [1.29, 1.82) is 0 Å². The number of hydrogen-bond donors (Lipinski definition) is 2. The zero-order valence-electron chi connectivity index (χ0n) is 15.1. The Balaban J connectivity index is 1.55. The maximum atomic E-state index is 12.4. The average molecular weight is 355 g/mol. The first-order valence-electron chi connectivity index (χ1n) is 9.29. The Hall–Kier alpha value is -2.22. The van der Waals surface area contributed by atoms with E-state index in [0.717, 1.165) is 74.6 Å². The number of aromatic nitrogens is 3. The van der Waals surface area contributed by atoms with Crippen LogP contribution in [0.25, 0.3) is 16.7 Å². The van der Waals surface area contributed by atoms with Gasteiger partial charge in [-0.05, 0) is 18.1 Å². The molecule has 0 bridgehead atoms. The summed E-state index contributed by atoms with van der Waals surface area (Å²) >= 11 is 0. The first-order valence-corrected chi connectivity index (χ1v) is 9.29. The molecule has 0 aliphatic carbocycles. The van der Waals surface area contributed by atoms with E-state index in [2.05, 4.69) is 33.2 Å². The highest BCUT2D eigenvalue weighted by molar-refractivity contribution is 5.81. The molecule has 0 unspecified atom stereocenters. The van der Waals surface area contributed by atoms with E-state index in [1.807, 2.05) is 16.5 Å². The second kappa shape index (κ2) is 7.57. The van der Waals surface area contributed by atoms with Crippen LogP contribution in [0.3, 0.4) is 0 Å². The molecule has 1 saturated heterocycles. The zero-order valence-corrected chi connectivity index (χ0v) is 15.1. The van der Waals surface area contributed by atoms with Crippen molar-refractivity contribution in [3.63, 3.8) is 0 Å². The molecule has 3 aromatic rings. The van der Waals surface area contributed by atoms with Crippen LogP contribution in [0.1, 0.15) is 18.2 Å². The van der Waals surface area contributed by atoms with Crippen LogP contribution in [0, 0.1) is 0 Å². The standard InChI is InChI=1S/C19H25N5O2/c1-2-15-13-21-18-19(25)22-17-14(4-3-5-16(17)24(15)18)12-20-6-7-23-8-10-26-11-9-23/h3-5,13,20H,2,6-12H2,1H3,(H,22,25). The molecule has 0 radical (unpaired) electrons. The van der Waals surface area contributed by atoms with Gasteiger partial charge in [-0.25, -0.2) is 4.98 Å². The summed E-state index contributed by atoms with van der Waals surface area (Å²) in [5, 5.41) is 3.50. The second-order valence-corrected chi connectivity index (χ2v) is 6.66. The molecule has 26 heavy (non-hydrogen) atoms. The molecule has 0 saturated carbocycles. The van der Waals surface area contributed by atoms with E-state index in [9.17, 15) is 4.79 Å². The molecular weight excluding hydrogens is 330 g/mol. The van der Waals surface area contributed by atoms with E-state index in [1.54, 1.807) is 6.20 Å². The number of nitrogens with one attached hydrogen (secondary N) is 2. The third-order valence-corrected chi connectivity index (χ3v) is 5.03. The highest BCUT2D eigenvalue weighted by Crippen LogP contribution is 2.18. The summed E-state index contributed by atoms with van der Waals surface area (Å²) in [7, 11) is 0. The summed E-state index contributed by atoms with van der Waals surface area (Å²) in [6, 6.07) is 6.14. The number of hydrogen-bond acceptors (Lipinski definition) is 5. The van der Waals surface area contributed by atoms with Crippen LogP contribution in [0.5, 0.6) is 0 Å². The molecule has 0 amide bonds. The minimum atomic E-state index is -0.141. The van der Waals surface area contributed by atoms with E-state index >= 15 is 0 Å². The summed E-state index contributed by atoms with van der Waals surface area (Å²) < 4.78 is 7.36. The molecule has 138 valence electrons. The summed E-state index contributed by atoms with van der Waals surface area (Å²) in [5.41, 5.74) is 4.36.